The SMILES string of the molecule is CC1(C)OC(=O)C(=CNc2cccc(N3C(=O)CCC3=O)c2)C(=O)O1. The largest absolute Gasteiger partial charge is 0.419 e. The number of ether oxygens (including phenoxy) is 2. The van der Waals surface area contributed by atoms with Gasteiger partial charge in [0.25, 0.3) is 5.79 Å². The fourth-order valence-corrected chi connectivity index (χ4v) is 2.53. The second kappa shape index (κ2) is 6.04. The number of cyclic esters (lactones) is 2. The minimum atomic E-state index is -1.30. The van der Waals surface area contributed by atoms with Crippen LogP contribution < -0.4 is 10.2 Å². The van der Waals surface area contributed by atoms with Crippen molar-refractivity contribution in [3.05, 3.63) is 36.0 Å². The highest BCUT2D eigenvalue weighted by Crippen LogP contribution is 2.26. The zero-order valence-electron chi connectivity index (χ0n) is 13.7. The summed E-state index contributed by atoms with van der Waals surface area (Å²) in [6.45, 7) is 2.92. The predicted octanol–water partition coefficient (Wildman–Crippen LogP) is 1.47. The van der Waals surface area contributed by atoms with Gasteiger partial charge in [0, 0.05) is 38.6 Å². The Morgan fingerprint density at radius 2 is 1.64 bits per heavy atom. The van der Waals surface area contributed by atoms with Crippen LogP contribution in [0.3, 0.4) is 0 Å². The van der Waals surface area contributed by atoms with Crippen LogP contribution >= 0.6 is 0 Å². The number of esters is 2. The van der Waals surface area contributed by atoms with Gasteiger partial charge in [0.2, 0.25) is 11.8 Å². The Morgan fingerprint density at radius 3 is 2.24 bits per heavy atom. The van der Waals surface area contributed by atoms with Gasteiger partial charge in [0.15, 0.2) is 5.57 Å². The molecule has 0 radical (unpaired) electrons. The normalized spacial score (nSPS) is 19.6. The Kier molecular flexibility index (Phi) is 4.03. The van der Waals surface area contributed by atoms with E-state index >= 15 is 0 Å². The summed E-state index contributed by atoms with van der Waals surface area (Å²) in [4.78, 5) is 48.5. The van der Waals surface area contributed by atoms with Crippen LogP contribution in [0, 0.1) is 0 Å². The van der Waals surface area contributed by atoms with Gasteiger partial charge in [-0.1, -0.05) is 6.07 Å². The van der Waals surface area contributed by atoms with Gasteiger partial charge in [0.05, 0.1) is 5.69 Å². The lowest BCUT2D eigenvalue weighted by molar-refractivity contribution is -0.222. The Balaban J connectivity index is 1.79. The Labute approximate surface area is 143 Å². The summed E-state index contributed by atoms with van der Waals surface area (Å²) >= 11 is 0. The number of carbonyl (C=O) groups is 4. The molecule has 0 atom stereocenters. The number of imide groups is 1. The summed E-state index contributed by atoms with van der Waals surface area (Å²) in [5.74, 6) is -3.42. The average Bonchev–Trinajstić information content (AvgIpc) is 2.84. The van der Waals surface area contributed by atoms with E-state index in [-0.39, 0.29) is 30.2 Å². The molecule has 8 heteroatoms. The molecule has 2 aliphatic heterocycles. The van der Waals surface area contributed by atoms with E-state index in [2.05, 4.69) is 5.32 Å². The van der Waals surface area contributed by atoms with E-state index in [1.54, 1.807) is 24.3 Å². The summed E-state index contributed by atoms with van der Waals surface area (Å²) in [5.41, 5.74) is 0.631. The molecule has 1 aromatic rings. The summed E-state index contributed by atoms with van der Waals surface area (Å²) < 4.78 is 9.98. The van der Waals surface area contributed by atoms with Crippen LogP contribution in [0.4, 0.5) is 11.4 Å². The standard InChI is InChI=1S/C17H16N2O6/c1-17(2)24-15(22)12(16(23)25-17)9-18-10-4-3-5-11(8-10)19-13(20)6-7-14(19)21/h3-5,8-9,18H,6-7H2,1-2H3. The smallest absolute Gasteiger partial charge is 0.350 e. The number of nitrogens with zero attached hydrogens (tertiary/aromatic N) is 1. The summed E-state index contributed by atoms with van der Waals surface area (Å²) in [6.07, 6.45) is 1.55. The molecule has 0 spiro atoms. The number of benzene rings is 1. The number of anilines is 2. The molecule has 1 N–H and O–H groups in total. The molecule has 2 amide bonds. The van der Waals surface area contributed by atoms with E-state index in [1.165, 1.54) is 20.0 Å². The van der Waals surface area contributed by atoms with Crippen LogP contribution in [0.15, 0.2) is 36.0 Å². The molecule has 2 aliphatic rings. The quantitative estimate of drug-likeness (QED) is 0.383. The van der Waals surface area contributed by atoms with Crippen molar-refractivity contribution in [3.63, 3.8) is 0 Å². The van der Waals surface area contributed by atoms with E-state index < -0.39 is 17.7 Å². The first-order valence-electron chi connectivity index (χ1n) is 7.66. The second-order valence-corrected chi connectivity index (χ2v) is 6.05. The van der Waals surface area contributed by atoms with Crippen LogP contribution in [-0.4, -0.2) is 29.5 Å². The molecule has 0 bridgehead atoms. The van der Waals surface area contributed by atoms with Crippen LogP contribution in [-0.2, 0) is 28.7 Å². The molecule has 25 heavy (non-hydrogen) atoms. The fourth-order valence-electron chi connectivity index (χ4n) is 2.53. The first kappa shape index (κ1) is 16.7. The molecule has 8 nitrogen and oxygen atoms in total. The van der Waals surface area contributed by atoms with Gasteiger partial charge in [0.1, 0.15) is 0 Å². The molecule has 2 fully saturated rings. The van der Waals surface area contributed by atoms with Crippen molar-refractivity contribution in [2.24, 2.45) is 0 Å². The maximum atomic E-state index is 11.9. The molecule has 3 rings (SSSR count). The number of hydrogen-bond donors (Lipinski definition) is 1. The third kappa shape index (κ3) is 3.37. The Morgan fingerprint density at radius 1 is 1.04 bits per heavy atom. The number of carbonyl (C=O) groups excluding carboxylic acids is 4. The molecule has 130 valence electrons. The van der Waals surface area contributed by atoms with E-state index in [9.17, 15) is 19.2 Å². The van der Waals surface area contributed by atoms with Gasteiger partial charge in [-0.3, -0.25) is 14.5 Å². The van der Waals surface area contributed by atoms with E-state index in [4.69, 9.17) is 9.47 Å². The molecule has 2 heterocycles. The van der Waals surface area contributed by atoms with E-state index in [1.807, 2.05) is 0 Å². The van der Waals surface area contributed by atoms with Gasteiger partial charge in [-0.05, 0) is 18.2 Å². The first-order valence-corrected chi connectivity index (χ1v) is 7.66. The molecular formula is C17H16N2O6. The third-order valence-corrected chi connectivity index (χ3v) is 3.66. The highest BCUT2D eigenvalue weighted by atomic mass is 16.7. The van der Waals surface area contributed by atoms with Crippen LogP contribution in [0.5, 0.6) is 0 Å². The highest BCUT2D eigenvalue weighted by molar-refractivity contribution is 6.20. The minimum Gasteiger partial charge on any atom is -0.419 e. The Hall–Kier alpha value is -3.16. The van der Waals surface area contributed by atoms with Crippen molar-refractivity contribution < 1.29 is 28.7 Å². The van der Waals surface area contributed by atoms with Crippen molar-refractivity contribution in [2.45, 2.75) is 32.5 Å². The topological polar surface area (TPSA) is 102 Å². The maximum Gasteiger partial charge on any atom is 0.350 e. The van der Waals surface area contributed by atoms with Crippen LogP contribution in [0.2, 0.25) is 0 Å². The average molecular weight is 344 g/mol. The minimum absolute atomic E-state index is 0.188. The zero-order valence-corrected chi connectivity index (χ0v) is 13.7. The van der Waals surface area contributed by atoms with Crippen LogP contribution in [0.25, 0.3) is 0 Å². The van der Waals surface area contributed by atoms with Gasteiger partial charge < -0.3 is 14.8 Å². The van der Waals surface area contributed by atoms with Gasteiger partial charge >= 0.3 is 11.9 Å². The number of amides is 2. The molecule has 0 aromatic heterocycles. The monoisotopic (exact) mass is 344 g/mol. The molecule has 1 aromatic carbocycles. The molecule has 2 saturated heterocycles. The third-order valence-electron chi connectivity index (χ3n) is 3.66. The highest BCUT2D eigenvalue weighted by Gasteiger charge is 2.39. The Bertz CT molecular complexity index is 773. The maximum absolute atomic E-state index is 11.9. The number of rotatable bonds is 3. The lowest BCUT2D eigenvalue weighted by Gasteiger charge is -2.29. The van der Waals surface area contributed by atoms with Gasteiger partial charge in [-0.2, -0.15) is 0 Å². The molecule has 0 unspecified atom stereocenters. The van der Waals surface area contributed by atoms with Crippen molar-refractivity contribution >= 4 is 35.1 Å². The zero-order chi connectivity index (χ0) is 18.2. The summed E-state index contributed by atoms with van der Waals surface area (Å²) in [6, 6.07) is 6.51. The van der Waals surface area contributed by atoms with E-state index in [0.717, 1.165) is 4.90 Å². The first-order chi connectivity index (χ1) is 11.8. The van der Waals surface area contributed by atoms with Crippen LogP contribution in [0.1, 0.15) is 26.7 Å². The van der Waals surface area contributed by atoms with Crippen molar-refractivity contribution in [3.8, 4) is 0 Å². The van der Waals surface area contributed by atoms with Gasteiger partial charge in [-0.15, -0.1) is 0 Å². The number of hydrogen-bond acceptors (Lipinski definition) is 7. The predicted molar refractivity (Wildman–Crippen MR) is 86.1 cm³/mol. The molecule has 0 aliphatic carbocycles. The fraction of sp³-hybridized carbons (Fsp3) is 0.294. The summed E-state index contributed by atoms with van der Waals surface area (Å²) in [5, 5.41) is 2.78. The lowest BCUT2D eigenvalue weighted by Crippen LogP contribution is -2.42. The molecular weight excluding hydrogens is 328 g/mol. The summed E-state index contributed by atoms with van der Waals surface area (Å²) in [7, 11) is 0. The molecule has 0 saturated carbocycles. The second-order valence-electron chi connectivity index (χ2n) is 6.05. The van der Waals surface area contributed by atoms with Crippen molar-refractivity contribution in [1.82, 2.24) is 0 Å². The van der Waals surface area contributed by atoms with Crippen molar-refractivity contribution in [1.29, 1.82) is 0 Å². The van der Waals surface area contributed by atoms with E-state index in [0.29, 0.717) is 11.4 Å². The van der Waals surface area contributed by atoms with Gasteiger partial charge in [-0.25, -0.2) is 9.59 Å². The lowest BCUT2D eigenvalue weighted by atomic mass is 10.2. The van der Waals surface area contributed by atoms with Crippen molar-refractivity contribution in [2.75, 3.05) is 10.2 Å². The number of nitrogens with one attached hydrogen (secondary N) is 1.